The van der Waals surface area contributed by atoms with Crippen LogP contribution in [0.15, 0.2) is 60.8 Å². The molecule has 0 saturated carbocycles. The van der Waals surface area contributed by atoms with Gasteiger partial charge in [0.1, 0.15) is 19.0 Å². The Morgan fingerprint density at radius 1 is 0.966 bits per heavy atom. The molecule has 0 bridgehead atoms. The van der Waals surface area contributed by atoms with Crippen LogP contribution in [0.2, 0.25) is 0 Å². The van der Waals surface area contributed by atoms with E-state index in [9.17, 15) is 0 Å². The van der Waals surface area contributed by atoms with Crippen molar-refractivity contribution in [2.24, 2.45) is 0 Å². The fourth-order valence-corrected chi connectivity index (χ4v) is 4.48. The summed E-state index contributed by atoms with van der Waals surface area (Å²) in [5, 5.41) is 0. The molecule has 150 valence electrons. The predicted molar refractivity (Wildman–Crippen MR) is 112 cm³/mol. The van der Waals surface area contributed by atoms with Crippen LogP contribution in [0.5, 0.6) is 17.2 Å². The summed E-state index contributed by atoms with van der Waals surface area (Å²) in [5.41, 5.74) is 3.74. The summed E-state index contributed by atoms with van der Waals surface area (Å²) in [6.45, 7) is 4.11. The molecule has 3 heterocycles. The summed E-state index contributed by atoms with van der Waals surface area (Å²) >= 11 is 0. The van der Waals surface area contributed by atoms with E-state index in [0.29, 0.717) is 13.2 Å². The highest BCUT2D eigenvalue weighted by molar-refractivity contribution is 5.44. The quantitative estimate of drug-likeness (QED) is 0.667. The Labute approximate surface area is 171 Å². The van der Waals surface area contributed by atoms with Gasteiger partial charge < -0.3 is 18.8 Å². The molecule has 0 aliphatic carbocycles. The highest BCUT2D eigenvalue weighted by Crippen LogP contribution is 2.38. The Morgan fingerprint density at radius 2 is 1.83 bits per heavy atom. The van der Waals surface area contributed by atoms with E-state index in [4.69, 9.17) is 14.2 Å². The van der Waals surface area contributed by atoms with E-state index in [1.54, 1.807) is 7.11 Å². The highest BCUT2D eigenvalue weighted by Gasteiger charge is 2.29. The molecule has 2 aliphatic heterocycles. The summed E-state index contributed by atoms with van der Waals surface area (Å²) < 4.78 is 19.6. The molecule has 5 heteroatoms. The maximum absolute atomic E-state index is 5.80. The number of rotatable bonds is 4. The molecule has 1 atom stereocenters. The van der Waals surface area contributed by atoms with Gasteiger partial charge in [-0.05, 0) is 42.3 Å². The molecule has 2 aromatic carbocycles. The third-order valence-electron chi connectivity index (χ3n) is 5.78. The van der Waals surface area contributed by atoms with Gasteiger partial charge in [0.2, 0.25) is 0 Å². The molecule has 0 amide bonds. The van der Waals surface area contributed by atoms with Crippen LogP contribution in [-0.2, 0) is 13.1 Å². The number of hydrogen-bond donors (Lipinski definition) is 0. The first-order chi connectivity index (χ1) is 14.3. The van der Waals surface area contributed by atoms with Gasteiger partial charge in [0.25, 0.3) is 0 Å². The van der Waals surface area contributed by atoms with Gasteiger partial charge in [0, 0.05) is 37.1 Å². The van der Waals surface area contributed by atoms with Gasteiger partial charge in [-0.15, -0.1) is 0 Å². The normalized spacial score (nSPS) is 18.7. The van der Waals surface area contributed by atoms with Crippen molar-refractivity contribution in [2.75, 3.05) is 26.9 Å². The van der Waals surface area contributed by atoms with Gasteiger partial charge >= 0.3 is 0 Å². The van der Waals surface area contributed by atoms with Crippen LogP contribution in [0.3, 0.4) is 0 Å². The van der Waals surface area contributed by atoms with E-state index in [0.717, 1.165) is 43.3 Å². The molecule has 0 radical (unpaired) electrons. The molecule has 1 aromatic heterocycles. The van der Waals surface area contributed by atoms with E-state index in [1.807, 2.05) is 12.1 Å². The molecule has 5 nitrogen and oxygen atoms in total. The summed E-state index contributed by atoms with van der Waals surface area (Å²) in [6.07, 6.45) is 3.29. The lowest BCUT2D eigenvalue weighted by atomic mass is 10.00. The summed E-state index contributed by atoms with van der Waals surface area (Å²) in [5.74, 6) is 2.62. The lowest BCUT2D eigenvalue weighted by Crippen LogP contribution is -2.30. The smallest absolute Gasteiger partial charge is 0.161 e. The minimum Gasteiger partial charge on any atom is -0.496 e. The fraction of sp³-hybridized carbons (Fsp3) is 0.333. The van der Waals surface area contributed by atoms with Crippen LogP contribution in [0.1, 0.15) is 29.3 Å². The first-order valence-corrected chi connectivity index (χ1v) is 10.2. The predicted octanol–water partition coefficient (Wildman–Crippen LogP) is 4.26. The number of nitrogens with zero attached hydrogens (tertiary/aromatic N) is 2. The zero-order valence-electron chi connectivity index (χ0n) is 16.7. The van der Waals surface area contributed by atoms with Crippen molar-refractivity contribution in [3.8, 4) is 17.2 Å². The third-order valence-corrected chi connectivity index (χ3v) is 5.78. The number of aryl methyl sites for hydroxylation is 1. The van der Waals surface area contributed by atoms with Crippen LogP contribution in [0, 0.1) is 0 Å². The van der Waals surface area contributed by atoms with Gasteiger partial charge in [-0.3, -0.25) is 4.90 Å². The van der Waals surface area contributed by atoms with Crippen molar-refractivity contribution in [1.82, 2.24) is 9.47 Å². The summed E-state index contributed by atoms with van der Waals surface area (Å²) in [7, 11) is 1.75. The number of methoxy groups -OCH3 is 1. The van der Waals surface area contributed by atoms with Gasteiger partial charge in [-0.1, -0.05) is 24.3 Å². The topological polar surface area (TPSA) is 35.9 Å². The van der Waals surface area contributed by atoms with Gasteiger partial charge in [-0.25, -0.2) is 0 Å². The van der Waals surface area contributed by atoms with E-state index in [-0.39, 0.29) is 6.04 Å². The van der Waals surface area contributed by atoms with Crippen molar-refractivity contribution in [3.05, 3.63) is 77.6 Å². The number of ether oxygens (including phenoxy) is 3. The number of fused-ring (bicyclic) bond motifs is 2. The zero-order chi connectivity index (χ0) is 19.6. The maximum atomic E-state index is 5.80. The average molecular weight is 390 g/mol. The second-order valence-corrected chi connectivity index (χ2v) is 7.57. The van der Waals surface area contributed by atoms with E-state index in [2.05, 4.69) is 58.1 Å². The number of benzene rings is 2. The first kappa shape index (κ1) is 18.1. The molecule has 5 rings (SSSR count). The molecule has 0 fully saturated rings. The van der Waals surface area contributed by atoms with E-state index in [1.165, 1.54) is 16.8 Å². The van der Waals surface area contributed by atoms with Crippen LogP contribution in [0.4, 0.5) is 0 Å². The second-order valence-electron chi connectivity index (χ2n) is 7.57. The lowest BCUT2D eigenvalue weighted by molar-refractivity contribution is 0.170. The standard InChI is InChI=1S/C24H26N2O3/c1-27-21-8-3-2-6-19(21)24-20-7-4-11-25(20)12-5-13-26(24)17-18-9-10-22-23(16-18)29-15-14-28-22/h2-4,6-11,16,24H,5,12-15,17H2,1H3. The van der Waals surface area contributed by atoms with Gasteiger partial charge in [0.15, 0.2) is 11.5 Å². The Kier molecular flexibility index (Phi) is 4.90. The molecule has 3 aromatic rings. The molecule has 1 unspecified atom stereocenters. The van der Waals surface area contributed by atoms with Crippen molar-refractivity contribution in [3.63, 3.8) is 0 Å². The molecular weight excluding hydrogens is 364 g/mol. The minimum atomic E-state index is 0.136. The van der Waals surface area contributed by atoms with Gasteiger partial charge in [-0.2, -0.15) is 0 Å². The maximum Gasteiger partial charge on any atom is 0.161 e. The average Bonchev–Trinajstić information content (AvgIpc) is 3.15. The summed E-state index contributed by atoms with van der Waals surface area (Å²) in [6, 6.07) is 19.2. The Balaban J connectivity index is 1.53. The SMILES string of the molecule is COc1ccccc1C1c2cccn2CCCN1Cc1ccc2c(c1)OCCO2. The third kappa shape index (κ3) is 3.47. The summed E-state index contributed by atoms with van der Waals surface area (Å²) in [4.78, 5) is 2.54. The van der Waals surface area contributed by atoms with E-state index < -0.39 is 0 Å². The van der Waals surface area contributed by atoms with Crippen LogP contribution in [0.25, 0.3) is 0 Å². The Hall–Kier alpha value is -2.92. The van der Waals surface area contributed by atoms with Crippen molar-refractivity contribution in [1.29, 1.82) is 0 Å². The lowest BCUT2D eigenvalue weighted by Gasteiger charge is -2.32. The fourth-order valence-electron chi connectivity index (χ4n) is 4.48. The number of hydrogen-bond acceptors (Lipinski definition) is 4. The monoisotopic (exact) mass is 390 g/mol. The van der Waals surface area contributed by atoms with Gasteiger partial charge in [0.05, 0.1) is 13.2 Å². The molecule has 0 saturated heterocycles. The van der Waals surface area contributed by atoms with E-state index >= 15 is 0 Å². The highest BCUT2D eigenvalue weighted by atomic mass is 16.6. The Morgan fingerprint density at radius 3 is 2.72 bits per heavy atom. The molecule has 0 spiro atoms. The second kappa shape index (κ2) is 7.84. The zero-order valence-corrected chi connectivity index (χ0v) is 16.7. The molecular formula is C24H26N2O3. The minimum absolute atomic E-state index is 0.136. The van der Waals surface area contributed by atoms with Crippen LogP contribution >= 0.6 is 0 Å². The molecule has 29 heavy (non-hydrogen) atoms. The number of para-hydroxylation sites is 1. The first-order valence-electron chi connectivity index (χ1n) is 10.2. The van der Waals surface area contributed by atoms with Crippen molar-refractivity contribution >= 4 is 0 Å². The van der Waals surface area contributed by atoms with Crippen molar-refractivity contribution < 1.29 is 14.2 Å². The number of aromatic nitrogens is 1. The molecule has 0 N–H and O–H groups in total. The van der Waals surface area contributed by atoms with Crippen LogP contribution < -0.4 is 14.2 Å². The molecule has 2 aliphatic rings. The van der Waals surface area contributed by atoms with Crippen molar-refractivity contribution in [2.45, 2.75) is 25.6 Å². The Bertz CT molecular complexity index is 997. The van der Waals surface area contributed by atoms with Crippen LogP contribution in [-0.4, -0.2) is 36.3 Å². The largest absolute Gasteiger partial charge is 0.496 e.